The van der Waals surface area contributed by atoms with Crippen molar-refractivity contribution in [2.45, 2.75) is 24.9 Å². The van der Waals surface area contributed by atoms with Crippen LogP contribution in [0.4, 0.5) is 0 Å². The van der Waals surface area contributed by atoms with Crippen molar-refractivity contribution in [2.24, 2.45) is 5.92 Å². The van der Waals surface area contributed by atoms with Crippen LogP contribution in [0.3, 0.4) is 0 Å². The van der Waals surface area contributed by atoms with Crippen molar-refractivity contribution in [3.05, 3.63) is 48.5 Å². The summed E-state index contributed by atoms with van der Waals surface area (Å²) in [5.74, 6) is 1.01. The van der Waals surface area contributed by atoms with E-state index in [0.29, 0.717) is 31.9 Å². The molecule has 2 aromatic rings. The first-order chi connectivity index (χ1) is 12.8. The van der Waals surface area contributed by atoms with Gasteiger partial charge in [0.2, 0.25) is 0 Å². The Hall–Kier alpha value is -2.54. The molecule has 2 fully saturated rings. The summed E-state index contributed by atoms with van der Waals surface area (Å²) < 4.78 is 12.2. The third kappa shape index (κ3) is 3.39. The molecule has 1 saturated heterocycles. The standard InChI is InChI=1S/C19H22N4O3/c24-18(15-5-8-21-22-11-15)23-9-10-26-19(14-23)6-1-3-16(19)13-25-17-4-2-7-20-12-17/h2,4-5,7-8,11-12,16H,1,3,6,9-10,13-14H2/t16-,19-/m1/s1. The molecule has 1 amide bonds. The number of carbonyl (C=O) groups excluding carboxylic acids is 1. The lowest BCUT2D eigenvalue weighted by Crippen LogP contribution is -2.56. The van der Waals surface area contributed by atoms with E-state index in [1.807, 2.05) is 17.0 Å². The SMILES string of the molecule is O=C(c1ccnnc1)N1CCO[C@]2(CCC[C@@H]2COc2cccnc2)C1. The maximum absolute atomic E-state index is 12.8. The van der Waals surface area contributed by atoms with Crippen LogP contribution in [-0.2, 0) is 4.74 Å². The molecule has 26 heavy (non-hydrogen) atoms. The summed E-state index contributed by atoms with van der Waals surface area (Å²) in [6.45, 7) is 2.31. The van der Waals surface area contributed by atoms with Gasteiger partial charge >= 0.3 is 0 Å². The number of nitrogens with zero attached hydrogens (tertiary/aromatic N) is 4. The number of hydrogen-bond donors (Lipinski definition) is 0. The van der Waals surface area contributed by atoms with Crippen LogP contribution in [0.1, 0.15) is 29.6 Å². The largest absolute Gasteiger partial charge is 0.492 e. The third-order valence-corrected chi connectivity index (χ3v) is 5.31. The highest BCUT2D eigenvalue weighted by Crippen LogP contribution is 2.41. The average Bonchev–Trinajstić information content (AvgIpc) is 3.08. The van der Waals surface area contributed by atoms with Gasteiger partial charge in [-0.05, 0) is 37.5 Å². The lowest BCUT2D eigenvalue weighted by Gasteiger charge is -2.44. The minimum atomic E-state index is -0.323. The molecule has 2 atom stereocenters. The molecule has 136 valence electrons. The zero-order chi connectivity index (χ0) is 17.8. The van der Waals surface area contributed by atoms with Gasteiger partial charge in [-0.25, -0.2) is 0 Å². The van der Waals surface area contributed by atoms with Gasteiger partial charge < -0.3 is 14.4 Å². The van der Waals surface area contributed by atoms with E-state index >= 15 is 0 Å². The second-order valence-electron chi connectivity index (χ2n) is 6.86. The first-order valence-electron chi connectivity index (χ1n) is 9.00. The molecule has 7 heteroatoms. The molecule has 0 unspecified atom stereocenters. The van der Waals surface area contributed by atoms with Crippen LogP contribution < -0.4 is 4.74 Å². The second-order valence-corrected chi connectivity index (χ2v) is 6.86. The predicted molar refractivity (Wildman–Crippen MR) is 93.7 cm³/mol. The molecule has 4 rings (SSSR count). The van der Waals surface area contributed by atoms with E-state index in [1.165, 1.54) is 6.20 Å². The summed E-state index contributed by atoms with van der Waals surface area (Å²) in [5.41, 5.74) is 0.245. The summed E-state index contributed by atoms with van der Waals surface area (Å²) in [4.78, 5) is 18.7. The number of hydrogen-bond acceptors (Lipinski definition) is 6. The van der Waals surface area contributed by atoms with E-state index in [2.05, 4.69) is 15.2 Å². The van der Waals surface area contributed by atoms with E-state index in [0.717, 1.165) is 25.0 Å². The molecule has 1 saturated carbocycles. The van der Waals surface area contributed by atoms with Gasteiger partial charge in [-0.15, -0.1) is 0 Å². The van der Waals surface area contributed by atoms with Gasteiger partial charge in [0.15, 0.2) is 0 Å². The van der Waals surface area contributed by atoms with Crippen LogP contribution >= 0.6 is 0 Å². The van der Waals surface area contributed by atoms with E-state index in [1.54, 1.807) is 24.7 Å². The van der Waals surface area contributed by atoms with Crippen LogP contribution in [0.2, 0.25) is 0 Å². The van der Waals surface area contributed by atoms with Gasteiger partial charge in [0.25, 0.3) is 5.91 Å². The zero-order valence-electron chi connectivity index (χ0n) is 14.6. The molecule has 0 bridgehead atoms. The Morgan fingerprint density at radius 1 is 1.31 bits per heavy atom. The number of carbonyl (C=O) groups is 1. The van der Waals surface area contributed by atoms with E-state index in [4.69, 9.17) is 9.47 Å². The van der Waals surface area contributed by atoms with Crippen molar-refractivity contribution < 1.29 is 14.3 Å². The summed E-state index contributed by atoms with van der Waals surface area (Å²) in [5, 5.41) is 7.55. The summed E-state index contributed by atoms with van der Waals surface area (Å²) >= 11 is 0. The monoisotopic (exact) mass is 354 g/mol. The van der Waals surface area contributed by atoms with E-state index in [-0.39, 0.29) is 17.4 Å². The van der Waals surface area contributed by atoms with Crippen molar-refractivity contribution in [3.63, 3.8) is 0 Å². The Bertz CT molecular complexity index is 743. The molecule has 2 aromatic heterocycles. The van der Waals surface area contributed by atoms with Crippen LogP contribution in [0.15, 0.2) is 43.0 Å². The average molecular weight is 354 g/mol. The van der Waals surface area contributed by atoms with Gasteiger partial charge in [-0.1, -0.05) is 0 Å². The van der Waals surface area contributed by atoms with Crippen LogP contribution in [0.25, 0.3) is 0 Å². The quantitative estimate of drug-likeness (QED) is 0.835. The summed E-state index contributed by atoms with van der Waals surface area (Å²) in [6, 6.07) is 5.47. The normalized spacial score (nSPS) is 25.4. The molecule has 2 aliphatic rings. The molecule has 1 aliphatic carbocycles. The molecule has 3 heterocycles. The van der Waals surface area contributed by atoms with Crippen molar-refractivity contribution >= 4 is 5.91 Å². The smallest absolute Gasteiger partial charge is 0.255 e. The van der Waals surface area contributed by atoms with Crippen molar-refractivity contribution in [1.29, 1.82) is 0 Å². The number of amides is 1. The second kappa shape index (κ2) is 7.37. The fourth-order valence-electron chi connectivity index (χ4n) is 3.96. The van der Waals surface area contributed by atoms with Crippen molar-refractivity contribution in [1.82, 2.24) is 20.1 Å². The topological polar surface area (TPSA) is 77.4 Å². The third-order valence-electron chi connectivity index (χ3n) is 5.31. The number of aromatic nitrogens is 3. The fraction of sp³-hybridized carbons (Fsp3) is 0.474. The van der Waals surface area contributed by atoms with Gasteiger partial charge in [-0.2, -0.15) is 10.2 Å². The Morgan fingerprint density at radius 2 is 2.27 bits per heavy atom. The Kier molecular flexibility index (Phi) is 4.79. The summed E-state index contributed by atoms with van der Waals surface area (Å²) in [6.07, 6.45) is 9.58. The molecular weight excluding hydrogens is 332 g/mol. The van der Waals surface area contributed by atoms with E-state index in [9.17, 15) is 4.79 Å². The van der Waals surface area contributed by atoms with Crippen LogP contribution in [0.5, 0.6) is 5.75 Å². The highest BCUT2D eigenvalue weighted by molar-refractivity contribution is 5.93. The van der Waals surface area contributed by atoms with Crippen LogP contribution in [-0.4, -0.2) is 57.9 Å². The number of ether oxygens (including phenoxy) is 2. The first kappa shape index (κ1) is 16.9. The van der Waals surface area contributed by atoms with Gasteiger partial charge in [0.1, 0.15) is 5.75 Å². The summed E-state index contributed by atoms with van der Waals surface area (Å²) in [7, 11) is 0. The maximum Gasteiger partial charge on any atom is 0.255 e. The minimum absolute atomic E-state index is 0.0126. The van der Waals surface area contributed by atoms with Crippen LogP contribution in [0, 0.1) is 5.92 Å². The Labute approximate surface area is 152 Å². The predicted octanol–water partition coefficient (Wildman–Crippen LogP) is 1.96. The lowest BCUT2D eigenvalue weighted by atomic mass is 9.89. The molecule has 0 radical (unpaired) electrons. The molecule has 0 aromatic carbocycles. The van der Waals surface area contributed by atoms with Crippen molar-refractivity contribution in [3.8, 4) is 5.75 Å². The maximum atomic E-state index is 12.8. The highest BCUT2D eigenvalue weighted by atomic mass is 16.5. The minimum Gasteiger partial charge on any atom is -0.492 e. The molecule has 1 spiro atoms. The number of rotatable bonds is 4. The lowest BCUT2D eigenvalue weighted by molar-refractivity contribution is -0.126. The van der Waals surface area contributed by atoms with E-state index < -0.39 is 0 Å². The van der Waals surface area contributed by atoms with Gasteiger partial charge in [0.05, 0.1) is 49.5 Å². The molecular formula is C19H22N4O3. The Morgan fingerprint density at radius 3 is 3.08 bits per heavy atom. The number of morpholine rings is 1. The highest BCUT2D eigenvalue weighted by Gasteiger charge is 2.48. The first-order valence-corrected chi connectivity index (χ1v) is 9.00. The molecule has 7 nitrogen and oxygen atoms in total. The Balaban J connectivity index is 1.45. The number of pyridine rings is 1. The molecule has 0 N–H and O–H groups in total. The van der Waals surface area contributed by atoms with Gasteiger partial charge in [-0.3, -0.25) is 9.78 Å². The zero-order valence-corrected chi connectivity index (χ0v) is 14.6. The fourth-order valence-corrected chi connectivity index (χ4v) is 3.96. The molecule has 1 aliphatic heterocycles. The van der Waals surface area contributed by atoms with Crippen molar-refractivity contribution in [2.75, 3.05) is 26.3 Å². The van der Waals surface area contributed by atoms with Gasteiger partial charge in [0, 0.05) is 18.7 Å².